The van der Waals surface area contributed by atoms with Gasteiger partial charge >= 0.3 is 19.3 Å². The van der Waals surface area contributed by atoms with E-state index in [0.29, 0.717) is 4.67 Å². The zero-order valence-electron chi connectivity index (χ0n) is 4.61. The van der Waals surface area contributed by atoms with Crippen molar-refractivity contribution in [1.29, 1.82) is 0 Å². The summed E-state index contributed by atoms with van der Waals surface area (Å²) in [6.45, 7) is -0.368. The van der Waals surface area contributed by atoms with Crippen molar-refractivity contribution in [1.82, 2.24) is 4.67 Å². The van der Waals surface area contributed by atoms with E-state index in [4.69, 9.17) is 11.2 Å². The second-order valence-electron chi connectivity index (χ2n) is 1.49. The molecule has 1 heterocycles. The van der Waals surface area contributed by atoms with Crippen molar-refractivity contribution in [3.63, 3.8) is 0 Å². The van der Waals surface area contributed by atoms with Crippen molar-refractivity contribution in [2.45, 2.75) is 0 Å². The molecule has 0 aromatic carbocycles. The number of hydrogen-bond donors (Lipinski definition) is 0. The van der Waals surface area contributed by atoms with Crippen molar-refractivity contribution in [3.05, 3.63) is 0 Å². The van der Waals surface area contributed by atoms with E-state index >= 15 is 0 Å². The number of rotatable bonds is 1. The van der Waals surface area contributed by atoms with E-state index in [9.17, 15) is 14.2 Å². The Bertz CT molecular complexity index is 201. The zero-order chi connectivity index (χ0) is 7.72. The molecule has 1 unspecified atom stereocenters. The average Bonchev–Trinajstić information content (AvgIpc) is 2.11. The number of nitrogens with zero attached hydrogens (tertiary/aromatic N) is 1. The van der Waals surface area contributed by atoms with Crippen LogP contribution in [-0.4, -0.2) is 23.3 Å². The number of ether oxygens (including phenoxy) is 1. The fourth-order valence-electron chi connectivity index (χ4n) is 0.499. The summed E-state index contributed by atoms with van der Waals surface area (Å²) in [4.78, 5) is 21.0. The normalized spacial score (nSPS) is 19.3. The SMILES string of the molecule is O=C1COC(=O)N1[P+](=O)Cl. The largest absolute Gasteiger partial charge is 0.598 e. The molecular weight excluding hydrogens is 180 g/mol. The summed E-state index contributed by atoms with van der Waals surface area (Å²) in [6.07, 6.45) is -0.943. The third-order valence-electron chi connectivity index (χ3n) is 0.886. The minimum atomic E-state index is -2.45. The van der Waals surface area contributed by atoms with Crippen molar-refractivity contribution < 1.29 is 18.9 Å². The number of carbonyl (C=O) groups is 2. The molecule has 1 fully saturated rings. The number of amides is 2. The van der Waals surface area contributed by atoms with E-state index in [2.05, 4.69) is 4.74 Å². The first kappa shape index (κ1) is 7.44. The van der Waals surface area contributed by atoms with Crippen LogP contribution >= 0.6 is 18.5 Å². The molecule has 1 saturated heterocycles. The van der Waals surface area contributed by atoms with Crippen LogP contribution in [0.1, 0.15) is 0 Å². The standard InChI is InChI=1S/C3H2ClNO4P/c4-10(8)5-2(6)1-9-3(5)7/h1H2/q+1. The summed E-state index contributed by atoms with van der Waals surface area (Å²) in [7, 11) is -2.45. The Morgan fingerprint density at radius 1 is 1.60 bits per heavy atom. The highest BCUT2D eigenvalue weighted by Gasteiger charge is 2.45. The number of cyclic esters (lactones) is 1. The molecule has 0 aliphatic carbocycles. The lowest BCUT2D eigenvalue weighted by atomic mass is 10.7. The van der Waals surface area contributed by atoms with Gasteiger partial charge in [0.05, 0.1) is 0 Å². The molecule has 54 valence electrons. The van der Waals surface area contributed by atoms with Crippen molar-refractivity contribution >= 4 is 30.5 Å². The van der Waals surface area contributed by atoms with Gasteiger partial charge in [0, 0.05) is 0 Å². The Labute approximate surface area is 61.5 Å². The molecule has 1 rings (SSSR count). The van der Waals surface area contributed by atoms with Crippen LogP contribution in [0.15, 0.2) is 0 Å². The maximum Gasteiger partial charge on any atom is 0.598 e. The van der Waals surface area contributed by atoms with Gasteiger partial charge in [-0.05, 0) is 9.24 Å². The Morgan fingerprint density at radius 3 is 2.40 bits per heavy atom. The van der Waals surface area contributed by atoms with E-state index in [1.54, 1.807) is 0 Å². The van der Waals surface area contributed by atoms with Gasteiger partial charge in [-0.2, -0.15) is 0 Å². The molecule has 0 saturated carbocycles. The topological polar surface area (TPSA) is 63.7 Å². The molecule has 1 aliphatic rings. The van der Waals surface area contributed by atoms with E-state index in [1.165, 1.54) is 0 Å². The molecule has 10 heavy (non-hydrogen) atoms. The minimum Gasteiger partial charge on any atom is -0.436 e. The van der Waals surface area contributed by atoms with Crippen LogP contribution in [-0.2, 0) is 14.1 Å². The molecule has 0 aromatic rings. The monoisotopic (exact) mass is 182 g/mol. The highest BCUT2D eigenvalue weighted by atomic mass is 35.7. The summed E-state index contributed by atoms with van der Waals surface area (Å²) < 4.78 is 15.0. The van der Waals surface area contributed by atoms with Crippen LogP contribution in [0.5, 0.6) is 0 Å². The predicted molar refractivity (Wildman–Crippen MR) is 31.7 cm³/mol. The number of hydrogen-bond acceptors (Lipinski definition) is 4. The maximum absolute atomic E-state index is 10.5. The first-order valence-electron chi connectivity index (χ1n) is 2.25. The molecule has 1 aliphatic heterocycles. The molecular formula is C3H2ClNO4P+. The van der Waals surface area contributed by atoms with Crippen LogP contribution < -0.4 is 0 Å². The highest BCUT2D eigenvalue weighted by Crippen LogP contribution is 2.35. The average molecular weight is 182 g/mol. The Balaban J connectivity index is 2.82. The molecule has 0 N–H and O–H groups in total. The lowest BCUT2D eigenvalue weighted by molar-refractivity contribution is -0.122. The number of imide groups is 1. The summed E-state index contributed by atoms with van der Waals surface area (Å²) >= 11 is 4.99. The maximum atomic E-state index is 10.5. The Hall–Kier alpha value is -0.670. The summed E-state index contributed by atoms with van der Waals surface area (Å²) in [5.74, 6) is -0.666. The van der Waals surface area contributed by atoms with Gasteiger partial charge in [-0.25, -0.2) is 4.79 Å². The van der Waals surface area contributed by atoms with E-state index in [1.807, 2.05) is 0 Å². The third-order valence-corrected chi connectivity index (χ3v) is 2.04. The highest BCUT2D eigenvalue weighted by molar-refractivity contribution is 7.72. The zero-order valence-corrected chi connectivity index (χ0v) is 6.26. The molecule has 0 radical (unpaired) electrons. The van der Waals surface area contributed by atoms with E-state index < -0.39 is 19.3 Å². The van der Waals surface area contributed by atoms with Crippen molar-refractivity contribution in [2.24, 2.45) is 0 Å². The summed E-state index contributed by atoms with van der Waals surface area (Å²) in [5, 5.41) is 0. The summed E-state index contributed by atoms with van der Waals surface area (Å²) in [6, 6.07) is 0. The van der Waals surface area contributed by atoms with Gasteiger partial charge in [0.25, 0.3) is 0 Å². The van der Waals surface area contributed by atoms with Gasteiger partial charge in [-0.15, -0.1) is 0 Å². The van der Waals surface area contributed by atoms with Crippen LogP contribution in [0.3, 0.4) is 0 Å². The smallest absolute Gasteiger partial charge is 0.436 e. The van der Waals surface area contributed by atoms with E-state index in [0.717, 1.165) is 0 Å². The second-order valence-corrected chi connectivity index (χ2v) is 3.21. The van der Waals surface area contributed by atoms with Gasteiger partial charge in [0.2, 0.25) is 11.2 Å². The fraction of sp³-hybridized carbons (Fsp3) is 0.333. The van der Waals surface area contributed by atoms with Crippen molar-refractivity contribution in [3.8, 4) is 0 Å². The van der Waals surface area contributed by atoms with E-state index in [-0.39, 0.29) is 6.61 Å². The van der Waals surface area contributed by atoms with Crippen LogP contribution in [0, 0.1) is 0 Å². The number of halogens is 1. The first-order valence-corrected chi connectivity index (χ1v) is 4.37. The van der Waals surface area contributed by atoms with Gasteiger partial charge in [-0.1, -0.05) is 0 Å². The van der Waals surface area contributed by atoms with Gasteiger partial charge in [0.15, 0.2) is 6.61 Å². The predicted octanol–water partition coefficient (Wildman–Crippen LogP) is 0.861. The van der Waals surface area contributed by atoms with Gasteiger partial charge in [0.1, 0.15) is 0 Å². The lowest BCUT2D eigenvalue weighted by Crippen LogP contribution is -2.19. The molecule has 1 atom stereocenters. The molecule has 0 bridgehead atoms. The quantitative estimate of drug-likeness (QED) is 0.564. The van der Waals surface area contributed by atoms with Crippen LogP contribution in [0.25, 0.3) is 0 Å². The number of carbonyl (C=O) groups excluding carboxylic acids is 2. The fourth-order valence-corrected chi connectivity index (χ4v) is 1.36. The minimum absolute atomic E-state index is 0.368. The van der Waals surface area contributed by atoms with Crippen molar-refractivity contribution in [2.75, 3.05) is 6.61 Å². The molecule has 2 amide bonds. The Morgan fingerprint density at radius 2 is 2.20 bits per heavy atom. The van der Waals surface area contributed by atoms with Crippen LogP contribution in [0.2, 0.25) is 0 Å². The van der Waals surface area contributed by atoms with Gasteiger partial charge in [-0.3, -0.25) is 4.79 Å². The third kappa shape index (κ3) is 1.10. The molecule has 7 heteroatoms. The molecule has 0 spiro atoms. The molecule has 5 nitrogen and oxygen atoms in total. The summed E-state index contributed by atoms with van der Waals surface area (Å²) in [5.41, 5.74) is 0. The van der Waals surface area contributed by atoms with Gasteiger partial charge < -0.3 is 4.74 Å². The lowest BCUT2D eigenvalue weighted by Gasteiger charge is -1.87. The second kappa shape index (κ2) is 2.52. The first-order chi connectivity index (χ1) is 4.63. The molecule has 0 aromatic heterocycles. The van der Waals surface area contributed by atoms with Crippen LogP contribution in [0.4, 0.5) is 4.79 Å². The Kier molecular flexibility index (Phi) is 1.87.